The molecule has 0 aliphatic heterocycles. The molecule has 0 N–H and O–H groups in total. The molecule has 0 amide bonds. The van der Waals surface area contributed by atoms with E-state index in [9.17, 15) is 14.9 Å². The van der Waals surface area contributed by atoms with Gasteiger partial charge in [0.2, 0.25) is 0 Å². The van der Waals surface area contributed by atoms with Gasteiger partial charge in [0.15, 0.2) is 11.5 Å². The van der Waals surface area contributed by atoms with E-state index in [2.05, 4.69) is 0 Å². The quantitative estimate of drug-likeness (QED) is 0.464. The average Bonchev–Trinajstić information content (AvgIpc) is 2.53. The zero-order chi connectivity index (χ0) is 16.1. The summed E-state index contributed by atoms with van der Waals surface area (Å²) in [7, 11) is 1.48. The normalized spacial score (nSPS) is 10.1. The van der Waals surface area contributed by atoms with Crippen molar-refractivity contribution in [2.45, 2.75) is 13.5 Å². The molecule has 0 saturated heterocycles. The summed E-state index contributed by atoms with van der Waals surface area (Å²) < 4.78 is 10.8. The van der Waals surface area contributed by atoms with Crippen LogP contribution in [0.4, 0.5) is 5.69 Å². The van der Waals surface area contributed by atoms with Gasteiger partial charge in [-0.25, -0.2) is 0 Å². The van der Waals surface area contributed by atoms with E-state index in [0.717, 1.165) is 11.8 Å². The van der Waals surface area contributed by atoms with Crippen molar-refractivity contribution in [2.24, 2.45) is 0 Å². The number of nitro groups is 1. The van der Waals surface area contributed by atoms with Crippen LogP contribution in [-0.2, 0) is 6.61 Å². The molecule has 0 radical (unpaired) electrons. The van der Waals surface area contributed by atoms with Crippen molar-refractivity contribution in [3.63, 3.8) is 0 Å². The van der Waals surface area contributed by atoms with Crippen molar-refractivity contribution in [3.05, 3.63) is 63.2 Å². The Kier molecular flexibility index (Phi) is 4.73. The van der Waals surface area contributed by atoms with Crippen LogP contribution in [0.5, 0.6) is 11.5 Å². The molecule has 6 nitrogen and oxygen atoms in total. The topological polar surface area (TPSA) is 78.7 Å². The van der Waals surface area contributed by atoms with Crippen molar-refractivity contribution in [2.75, 3.05) is 7.11 Å². The predicted molar refractivity (Wildman–Crippen MR) is 80.5 cm³/mol. The molecule has 114 valence electrons. The third-order valence-electron chi connectivity index (χ3n) is 3.32. The second kappa shape index (κ2) is 6.71. The van der Waals surface area contributed by atoms with Crippen LogP contribution in [0.15, 0.2) is 36.4 Å². The maximum absolute atomic E-state index is 10.9. The van der Waals surface area contributed by atoms with Crippen molar-refractivity contribution in [3.8, 4) is 11.5 Å². The van der Waals surface area contributed by atoms with E-state index >= 15 is 0 Å². The van der Waals surface area contributed by atoms with Gasteiger partial charge in [-0.2, -0.15) is 0 Å². The molecule has 22 heavy (non-hydrogen) atoms. The molecule has 0 heterocycles. The Labute approximate surface area is 127 Å². The summed E-state index contributed by atoms with van der Waals surface area (Å²) in [5, 5.41) is 10.9. The lowest BCUT2D eigenvalue weighted by atomic mass is 10.1. The molecule has 2 aromatic rings. The molecule has 0 unspecified atom stereocenters. The monoisotopic (exact) mass is 301 g/mol. The van der Waals surface area contributed by atoms with Crippen LogP contribution >= 0.6 is 0 Å². The van der Waals surface area contributed by atoms with Gasteiger partial charge < -0.3 is 9.47 Å². The number of methoxy groups -OCH3 is 1. The van der Waals surface area contributed by atoms with Crippen molar-refractivity contribution >= 4 is 12.0 Å². The Morgan fingerprint density at radius 3 is 2.64 bits per heavy atom. The number of carbonyl (C=O) groups excluding carboxylic acids is 1. The molecule has 0 bridgehead atoms. The molecule has 0 fully saturated rings. The Hall–Kier alpha value is -2.89. The molecular formula is C16H15NO5. The maximum Gasteiger partial charge on any atom is 0.272 e. The van der Waals surface area contributed by atoms with E-state index in [1.807, 2.05) is 0 Å². The molecule has 2 rings (SSSR count). The Balaban J connectivity index is 2.22. The van der Waals surface area contributed by atoms with Crippen LogP contribution in [0.3, 0.4) is 0 Å². The van der Waals surface area contributed by atoms with Gasteiger partial charge in [-0.1, -0.05) is 12.1 Å². The molecule has 0 aliphatic rings. The highest BCUT2D eigenvalue weighted by Crippen LogP contribution is 2.29. The van der Waals surface area contributed by atoms with E-state index < -0.39 is 4.92 Å². The molecule has 0 saturated carbocycles. The first-order valence-corrected chi connectivity index (χ1v) is 6.55. The molecule has 2 aromatic carbocycles. The maximum atomic E-state index is 10.9. The number of benzene rings is 2. The summed E-state index contributed by atoms with van der Waals surface area (Å²) in [5.74, 6) is 0.909. The highest BCUT2D eigenvalue weighted by atomic mass is 16.6. The minimum Gasteiger partial charge on any atom is -0.493 e. The number of nitrogens with zero attached hydrogens (tertiary/aromatic N) is 1. The molecule has 0 aliphatic carbocycles. The van der Waals surface area contributed by atoms with E-state index in [-0.39, 0.29) is 12.3 Å². The second-order valence-corrected chi connectivity index (χ2v) is 4.64. The molecule has 0 atom stereocenters. The van der Waals surface area contributed by atoms with Crippen molar-refractivity contribution in [1.29, 1.82) is 0 Å². The van der Waals surface area contributed by atoms with Crippen LogP contribution in [0.25, 0.3) is 0 Å². The Morgan fingerprint density at radius 1 is 1.23 bits per heavy atom. The molecule has 6 heteroatoms. The summed E-state index contributed by atoms with van der Waals surface area (Å²) in [6.07, 6.45) is 0.719. The number of rotatable bonds is 6. The average molecular weight is 301 g/mol. The smallest absolute Gasteiger partial charge is 0.272 e. The highest BCUT2D eigenvalue weighted by molar-refractivity contribution is 5.76. The summed E-state index contributed by atoms with van der Waals surface area (Å²) >= 11 is 0. The standard InChI is InChI=1S/C16H15NO5/c1-11-13(4-3-5-14(11)17(19)20)10-22-15-7-6-12(9-18)8-16(15)21-2/h3-9H,10H2,1-2H3. The zero-order valence-corrected chi connectivity index (χ0v) is 12.2. The third-order valence-corrected chi connectivity index (χ3v) is 3.32. The van der Waals surface area contributed by atoms with E-state index in [4.69, 9.17) is 9.47 Å². The van der Waals surface area contributed by atoms with Gasteiger partial charge in [-0.05, 0) is 30.7 Å². The van der Waals surface area contributed by atoms with E-state index in [1.165, 1.54) is 13.2 Å². The number of hydrogen-bond acceptors (Lipinski definition) is 5. The number of carbonyl (C=O) groups is 1. The van der Waals surface area contributed by atoms with Gasteiger partial charge >= 0.3 is 0 Å². The SMILES string of the molecule is COc1cc(C=O)ccc1OCc1cccc([N+](=O)[O-])c1C. The minimum absolute atomic E-state index is 0.0596. The van der Waals surface area contributed by atoms with Gasteiger partial charge in [0.1, 0.15) is 12.9 Å². The Bertz CT molecular complexity index is 712. The second-order valence-electron chi connectivity index (χ2n) is 4.64. The third kappa shape index (κ3) is 3.22. The van der Waals surface area contributed by atoms with Crippen molar-refractivity contribution in [1.82, 2.24) is 0 Å². The fourth-order valence-electron chi connectivity index (χ4n) is 2.06. The van der Waals surface area contributed by atoms with Gasteiger partial charge in [0, 0.05) is 17.2 Å². The summed E-state index contributed by atoms with van der Waals surface area (Å²) in [4.78, 5) is 21.3. The fourth-order valence-corrected chi connectivity index (χ4v) is 2.06. The fraction of sp³-hybridized carbons (Fsp3) is 0.188. The summed E-state index contributed by atoms with van der Waals surface area (Å²) in [6, 6.07) is 9.67. The molecule has 0 aromatic heterocycles. The van der Waals surface area contributed by atoms with Gasteiger partial charge in [-0.15, -0.1) is 0 Å². The van der Waals surface area contributed by atoms with Crippen LogP contribution in [0.2, 0.25) is 0 Å². The number of nitro benzene ring substituents is 1. The number of aldehydes is 1. The van der Waals surface area contributed by atoms with Gasteiger partial charge in [0.25, 0.3) is 5.69 Å². The lowest BCUT2D eigenvalue weighted by molar-refractivity contribution is -0.385. The first-order chi connectivity index (χ1) is 10.6. The largest absolute Gasteiger partial charge is 0.493 e. The first-order valence-electron chi connectivity index (χ1n) is 6.55. The molecule has 0 spiro atoms. The van der Waals surface area contributed by atoms with E-state index in [1.54, 1.807) is 37.3 Å². The van der Waals surface area contributed by atoms with Crippen LogP contribution in [0, 0.1) is 17.0 Å². The van der Waals surface area contributed by atoms with Gasteiger partial charge in [-0.3, -0.25) is 14.9 Å². The predicted octanol–water partition coefficient (Wildman–Crippen LogP) is 3.30. The summed E-state index contributed by atoms with van der Waals surface area (Å²) in [5.41, 5.74) is 1.83. The number of hydrogen-bond donors (Lipinski definition) is 0. The van der Waals surface area contributed by atoms with Crippen LogP contribution in [0.1, 0.15) is 21.5 Å². The minimum atomic E-state index is -0.418. The molecular weight excluding hydrogens is 286 g/mol. The first kappa shape index (κ1) is 15.5. The van der Waals surface area contributed by atoms with Crippen LogP contribution in [-0.4, -0.2) is 18.3 Å². The lowest BCUT2D eigenvalue weighted by Gasteiger charge is -2.12. The van der Waals surface area contributed by atoms with Crippen molar-refractivity contribution < 1.29 is 19.2 Å². The van der Waals surface area contributed by atoms with Crippen LogP contribution < -0.4 is 9.47 Å². The zero-order valence-electron chi connectivity index (χ0n) is 12.2. The van der Waals surface area contributed by atoms with E-state index in [0.29, 0.717) is 22.6 Å². The summed E-state index contributed by atoms with van der Waals surface area (Å²) in [6.45, 7) is 1.86. The lowest BCUT2D eigenvalue weighted by Crippen LogP contribution is -2.02. The Morgan fingerprint density at radius 2 is 2.00 bits per heavy atom. The van der Waals surface area contributed by atoms with Gasteiger partial charge in [0.05, 0.1) is 12.0 Å². The number of ether oxygens (including phenoxy) is 2. The highest BCUT2D eigenvalue weighted by Gasteiger charge is 2.14.